The molecule has 1 fully saturated rings. The van der Waals surface area contributed by atoms with Gasteiger partial charge in [-0.1, -0.05) is 47.6 Å². The van der Waals surface area contributed by atoms with Crippen LogP contribution in [0.4, 0.5) is 10.5 Å². The summed E-state index contributed by atoms with van der Waals surface area (Å²) in [7, 11) is 0. The quantitative estimate of drug-likeness (QED) is 0.351. The molecule has 0 bridgehead atoms. The van der Waals surface area contributed by atoms with E-state index in [0.29, 0.717) is 34.1 Å². The van der Waals surface area contributed by atoms with Crippen LogP contribution in [0.25, 0.3) is 11.4 Å². The number of hydrogen-bond acceptors (Lipinski definition) is 8. The molecule has 1 saturated heterocycles. The van der Waals surface area contributed by atoms with Crippen molar-refractivity contribution in [2.24, 2.45) is 0 Å². The number of aromatic carboxylic acids is 1. The van der Waals surface area contributed by atoms with E-state index in [2.05, 4.69) is 15.5 Å². The monoisotopic (exact) mass is 528 g/mol. The molecule has 38 heavy (non-hydrogen) atoms. The molecule has 3 aromatic carbocycles. The van der Waals surface area contributed by atoms with Crippen molar-refractivity contribution < 1.29 is 28.8 Å². The van der Waals surface area contributed by atoms with Crippen LogP contribution in [0.15, 0.2) is 77.3 Å². The Morgan fingerprint density at radius 3 is 2.37 bits per heavy atom. The molecule has 1 unspecified atom stereocenters. The Labute approximate surface area is 220 Å². The zero-order chi connectivity index (χ0) is 26.8. The molecule has 0 spiro atoms. The highest BCUT2D eigenvalue weighted by atomic mass is 32.2. The van der Waals surface area contributed by atoms with Crippen LogP contribution in [-0.4, -0.2) is 38.3 Å². The number of nitrogens with one attached hydrogen (secondary N) is 1. The Kier molecular flexibility index (Phi) is 6.75. The Bertz CT molecular complexity index is 1550. The molecule has 1 atom stereocenters. The molecule has 3 amide bonds. The van der Waals surface area contributed by atoms with E-state index in [9.17, 15) is 24.3 Å². The SMILES string of the molecule is Cc1nc(-c2ccc(C(=O)N(Cc3ccc(C4SC(=O)NC4=O)cc3)c3cccc(C(=O)O)c3)cc2)no1. The second-order valence-electron chi connectivity index (χ2n) is 8.48. The van der Waals surface area contributed by atoms with Gasteiger partial charge in [-0.15, -0.1) is 0 Å². The Morgan fingerprint density at radius 2 is 1.76 bits per heavy atom. The Morgan fingerprint density at radius 1 is 1.03 bits per heavy atom. The number of benzene rings is 3. The lowest BCUT2D eigenvalue weighted by Gasteiger charge is -2.24. The van der Waals surface area contributed by atoms with Crippen molar-refractivity contribution in [3.05, 3.63) is 101 Å². The molecule has 10 nitrogen and oxygen atoms in total. The van der Waals surface area contributed by atoms with Crippen LogP contribution in [-0.2, 0) is 11.3 Å². The number of hydrogen-bond donors (Lipinski definition) is 2. The number of nitrogens with zero attached hydrogens (tertiary/aromatic N) is 3. The number of aryl methyl sites for hydroxylation is 1. The minimum atomic E-state index is -1.11. The third kappa shape index (κ3) is 5.18. The number of amides is 3. The zero-order valence-electron chi connectivity index (χ0n) is 20.0. The number of thioether (sulfide) groups is 1. The van der Waals surface area contributed by atoms with Gasteiger partial charge in [0.1, 0.15) is 5.25 Å². The summed E-state index contributed by atoms with van der Waals surface area (Å²) >= 11 is 0.916. The molecule has 0 aliphatic carbocycles. The summed E-state index contributed by atoms with van der Waals surface area (Å²) in [4.78, 5) is 54.5. The summed E-state index contributed by atoms with van der Waals surface area (Å²) in [6.07, 6.45) is 0. The normalized spacial score (nSPS) is 14.8. The minimum Gasteiger partial charge on any atom is -0.478 e. The van der Waals surface area contributed by atoms with E-state index in [1.165, 1.54) is 17.0 Å². The maximum atomic E-state index is 13.7. The predicted molar refractivity (Wildman–Crippen MR) is 139 cm³/mol. The summed E-state index contributed by atoms with van der Waals surface area (Å²) < 4.78 is 5.02. The van der Waals surface area contributed by atoms with Gasteiger partial charge in [-0.3, -0.25) is 19.7 Å². The molecule has 1 aromatic heterocycles. The number of carbonyl (C=O) groups is 4. The van der Waals surface area contributed by atoms with E-state index in [-0.39, 0.29) is 29.2 Å². The predicted octanol–water partition coefficient (Wildman–Crippen LogP) is 4.61. The summed E-state index contributed by atoms with van der Waals surface area (Å²) in [5.74, 6) is -0.985. The highest BCUT2D eigenvalue weighted by Gasteiger charge is 2.32. The summed E-state index contributed by atoms with van der Waals surface area (Å²) in [5.41, 5.74) is 2.93. The molecular formula is C27H20N4O6S. The van der Waals surface area contributed by atoms with Crippen LogP contribution in [0.5, 0.6) is 0 Å². The first-order chi connectivity index (χ1) is 18.3. The maximum Gasteiger partial charge on any atom is 0.335 e. The number of imide groups is 1. The maximum absolute atomic E-state index is 13.7. The standard InChI is InChI=1S/C27H20N4O6S/c1-15-28-23(30-37-15)18-9-11-19(12-10-18)25(33)31(21-4-2-3-20(13-21)26(34)35)14-16-5-7-17(8-6-16)22-24(32)29-27(36)38-22/h2-13,22H,14H2,1H3,(H,34,35)(H,29,32,36). The lowest BCUT2D eigenvalue weighted by Crippen LogP contribution is -2.30. The van der Waals surface area contributed by atoms with Crippen LogP contribution < -0.4 is 10.2 Å². The van der Waals surface area contributed by atoms with Gasteiger partial charge in [-0.25, -0.2) is 4.79 Å². The summed E-state index contributed by atoms with van der Waals surface area (Å²) in [5, 5.41) is 14.6. The van der Waals surface area contributed by atoms with Crippen molar-refractivity contribution in [3.63, 3.8) is 0 Å². The van der Waals surface area contributed by atoms with Crippen LogP contribution >= 0.6 is 11.8 Å². The third-order valence-electron chi connectivity index (χ3n) is 5.88. The number of anilines is 1. The van der Waals surface area contributed by atoms with Crippen LogP contribution in [0.2, 0.25) is 0 Å². The third-order valence-corrected chi connectivity index (χ3v) is 6.92. The molecule has 2 heterocycles. The average Bonchev–Trinajstić information content (AvgIpc) is 3.51. The first-order valence-electron chi connectivity index (χ1n) is 11.4. The fourth-order valence-electron chi connectivity index (χ4n) is 3.98. The van der Waals surface area contributed by atoms with Gasteiger partial charge in [0, 0.05) is 23.7 Å². The molecule has 5 rings (SSSR count). The smallest absolute Gasteiger partial charge is 0.335 e. The summed E-state index contributed by atoms with van der Waals surface area (Å²) in [6.45, 7) is 1.82. The van der Waals surface area contributed by atoms with E-state index in [0.717, 1.165) is 17.3 Å². The van der Waals surface area contributed by atoms with E-state index in [1.54, 1.807) is 67.6 Å². The molecule has 0 saturated carbocycles. The minimum absolute atomic E-state index is 0.0485. The van der Waals surface area contributed by atoms with Crippen molar-refractivity contribution in [1.29, 1.82) is 0 Å². The van der Waals surface area contributed by atoms with Gasteiger partial charge >= 0.3 is 5.97 Å². The molecule has 2 N–H and O–H groups in total. The molecule has 190 valence electrons. The summed E-state index contributed by atoms with van der Waals surface area (Å²) in [6, 6.07) is 19.9. The lowest BCUT2D eigenvalue weighted by molar-refractivity contribution is -0.119. The Hall–Kier alpha value is -4.77. The first-order valence-corrected chi connectivity index (χ1v) is 12.3. The highest BCUT2D eigenvalue weighted by molar-refractivity contribution is 8.15. The van der Waals surface area contributed by atoms with Gasteiger partial charge in [0.2, 0.25) is 17.6 Å². The molecular weight excluding hydrogens is 508 g/mol. The van der Waals surface area contributed by atoms with Gasteiger partial charge in [0.15, 0.2) is 0 Å². The molecule has 11 heteroatoms. The van der Waals surface area contributed by atoms with Crippen molar-refractivity contribution in [3.8, 4) is 11.4 Å². The van der Waals surface area contributed by atoms with Gasteiger partial charge in [-0.2, -0.15) is 4.98 Å². The second-order valence-corrected chi connectivity index (χ2v) is 9.56. The largest absolute Gasteiger partial charge is 0.478 e. The van der Waals surface area contributed by atoms with Gasteiger partial charge in [-0.05, 0) is 53.2 Å². The van der Waals surface area contributed by atoms with Gasteiger partial charge < -0.3 is 14.5 Å². The second kappa shape index (κ2) is 10.3. The van der Waals surface area contributed by atoms with Gasteiger partial charge in [0.05, 0.1) is 12.1 Å². The van der Waals surface area contributed by atoms with Crippen molar-refractivity contribution in [2.45, 2.75) is 18.7 Å². The van der Waals surface area contributed by atoms with E-state index in [4.69, 9.17) is 4.52 Å². The molecule has 4 aromatic rings. The number of carboxylic acid groups (broad SMARTS) is 1. The fourth-order valence-corrected chi connectivity index (χ4v) is 4.81. The van der Waals surface area contributed by atoms with Crippen molar-refractivity contribution in [1.82, 2.24) is 15.5 Å². The lowest BCUT2D eigenvalue weighted by atomic mass is 10.1. The van der Waals surface area contributed by atoms with Crippen molar-refractivity contribution >= 4 is 40.5 Å². The molecule has 0 radical (unpaired) electrons. The fraction of sp³-hybridized carbons (Fsp3) is 0.111. The molecule has 1 aliphatic rings. The topological polar surface area (TPSA) is 143 Å². The average molecular weight is 529 g/mol. The van der Waals surface area contributed by atoms with E-state index < -0.39 is 11.2 Å². The number of aromatic nitrogens is 2. The van der Waals surface area contributed by atoms with Gasteiger partial charge in [0.25, 0.3) is 11.1 Å². The van der Waals surface area contributed by atoms with Crippen molar-refractivity contribution in [2.75, 3.05) is 4.90 Å². The zero-order valence-corrected chi connectivity index (χ0v) is 20.8. The van der Waals surface area contributed by atoms with Crippen LogP contribution in [0, 0.1) is 6.92 Å². The number of carbonyl (C=O) groups excluding carboxylic acids is 3. The highest BCUT2D eigenvalue weighted by Crippen LogP contribution is 2.34. The van der Waals surface area contributed by atoms with Crippen LogP contribution in [0.3, 0.4) is 0 Å². The van der Waals surface area contributed by atoms with E-state index in [1.807, 2.05) is 0 Å². The van der Waals surface area contributed by atoms with Crippen LogP contribution in [0.1, 0.15) is 43.0 Å². The molecule has 1 aliphatic heterocycles. The van der Waals surface area contributed by atoms with E-state index >= 15 is 0 Å². The number of carboxylic acids is 1. The first kappa shape index (κ1) is 24.9. The Balaban J connectivity index is 1.44. The number of rotatable bonds is 7.